The van der Waals surface area contributed by atoms with E-state index in [-0.39, 0.29) is 17.2 Å². The number of halogens is 5. The van der Waals surface area contributed by atoms with Crippen LogP contribution < -0.4 is 4.74 Å². The Kier molecular flexibility index (Phi) is 5.62. The molecular weight excluding hydrogens is 429 g/mol. The molecule has 1 heterocycles. The average Bonchev–Trinajstić information content (AvgIpc) is 3.08. The zero-order valence-corrected chi connectivity index (χ0v) is 17.1. The number of rotatable bonds is 4. The Morgan fingerprint density at radius 1 is 0.906 bits per heavy atom. The summed E-state index contributed by atoms with van der Waals surface area (Å²) in [5.41, 5.74) is 2.89. The third kappa shape index (κ3) is 4.44. The van der Waals surface area contributed by atoms with Crippen LogP contribution in [0.3, 0.4) is 0 Å². The van der Waals surface area contributed by atoms with E-state index in [0.29, 0.717) is 5.56 Å². The van der Waals surface area contributed by atoms with Crippen LogP contribution in [-0.4, -0.2) is 18.4 Å². The first-order valence-corrected chi connectivity index (χ1v) is 9.78. The van der Waals surface area contributed by atoms with E-state index >= 15 is 0 Å². The maximum absolute atomic E-state index is 14.1. The number of ether oxygens (including phenoxy) is 2. The molecule has 0 radical (unpaired) electrons. The van der Waals surface area contributed by atoms with Crippen molar-refractivity contribution < 1.29 is 31.4 Å². The van der Waals surface area contributed by atoms with Gasteiger partial charge in [0.25, 0.3) is 0 Å². The Bertz CT molecular complexity index is 1150. The Hall–Kier alpha value is -3.42. The molecule has 0 spiro atoms. The second kappa shape index (κ2) is 8.26. The molecule has 8 heteroatoms. The summed E-state index contributed by atoms with van der Waals surface area (Å²) in [6.07, 6.45) is -5.18. The van der Waals surface area contributed by atoms with Crippen LogP contribution >= 0.6 is 0 Å². The maximum Gasteiger partial charge on any atom is 0.573 e. The summed E-state index contributed by atoms with van der Waals surface area (Å²) in [6.45, 7) is 3.64. The lowest BCUT2D eigenvalue weighted by atomic mass is 9.94. The Morgan fingerprint density at radius 3 is 2.12 bits per heavy atom. The molecule has 3 aromatic rings. The van der Waals surface area contributed by atoms with Crippen molar-refractivity contribution in [3.8, 4) is 16.9 Å². The van der Waals surface area contributed by atoms with Gasteiger partial charge in [0, 0.05) is 0 Å². The fourth-order valence-electron chi connectivity index (χ4n) is 3.69. The number of hydrogen-bond donors (Lipinski definition) is 0. The predicted octanol–water partition coefficient (Wildman–Crippen LogP) is 6.75. The monoisotopic (exact) mass is 447 g/mol. The van der Waals surface area contributed by atoms with Gasteiger partial charge in [-0.2, -0.15) is 0 Å². The van der Waals surface area contributed by atoms with Crippen LogP contribution in [0, 0.1) is 18.6 Å². The van der Waals surface area contributed by atoms with E-state index in [2.05, 4.69) is 9.73 Å². The molecule has 3 aromatic carbocycles. The van der Waals surface area contributed by atoms with Crippen LogP contribution in [0.1, 0.15) is 29.7 Å². The number of aliphatic imine (C=N–C) groups is 1. The molecule has 3 nitrogen and oxygen atoms in total. The van der Waals surface area contributed by atoms with Gasteiger partial charge in [-0.3, -0.25) is 0 Å². The molecule has 0 fully saturated rings. The molecule has 0 saturated carbocycles. The van der Waals surface area contributed by atoms with E-state index in [0.717, 1.165) is 28.8 Å². The Labute approximate surface area is 181 Å². The smallest absolute Gasteiger partial charge is 0.472 e. The minimum Gasteiger partial charge on any atom is -0.472 e. The van der Waals surface area contributed by atoms with E-state index in [4.69, 9.17) is 4.74 Å². The summed E-state index contributed by atoms with van der Waals surface area (Å²) >= 11 is 0. The van der Waals surface area contributed by atoms with Gasteiger partial charge >= 0.3 is 6.36 Å². The molecule has 4 rings (SSSR count). The molecule has 0 saturated heterocycles. The van der Waals surface area contributed by atoms with E-state index in [1.807, 2.05) is 25.1 Å². The van der Waals surface area contributed by atoms with Crippen LogP contribution in [0.5, 0.6) is 5.75 Å². The summed E-state index contributed by atoms with van der Waals surface area (Å²) < 4.78 is 74.8. The lowest BCUT2D eigenvalue weighted by Gasteiger charge is -2.16. The fourth-order valence-corrected chi connectivity index (χ4v) is 3.69. The van der Waals surface area contributed by atoms with Gasteiger partial charge in [0.05, 0.1) is 0 Å². The summed E-state index contributed by atoms with van der Waals surface area (Å²) in [4.78, 5) is 4.43. The van der Waals surface area contributed by atoms with Gasteiger partial charge in [0.15, 0.2) is 0 Å². The molecule has 0 aliphatic carbocycles. The molecule has 0 amide bonds. The highest BCUT2D eigenvalue weighted by molar-refractivity contribution is 5.96. The molecule has 1 aliphatic heterocycles. The van der Waals surface area contributed by atoms with Gasteiger partial charge in [-0.05, 0) is 60.4 Å². The van der Waals surface area contributed by atoms with Gasteiger partial charge in [0.2, 0.25) is 5.90 Å². The minimum absolute atomic E-state index is 0.0816. The SMILES string of the molecule is Cc1cc(-c2ccc(OC(F)(F)F)cc2)ccc1[C@@H]1N=C(c2c(F)cccc2F)O[C@H]1C. The molecule has 0 N–H and O–H groups in total. The van der Waals surface area contributed by atoms with Crippen molar-refractivity contribution in [3.05, 3.63) is 89.0 Å². The van der Waals surface area contributed by atoms with Crippen LogP contribution in [-0.2, 0) is 4.74 Å². The highest BCUT2D eigenvalue weighted by atomic mass is 19.4. The van der Waals surface area contributed by atoms with Gasteiger partial charge in [0.1, 0.15) is 35.1 Å². The zero-order chi connectivity index (χ0) is 23.0. The lowest BCUT2D eigenvalue weighted by Crippen LogP contribution is -2.16. The second-order valence-corrected chi connectivity index (χ2v) is 7.44. The third-order valence-corrected chi connectivity index (χ3v) is 5.18. The molecular formula is C24H18F5NO2. The standard InChI is InChI=1S/C24H18F5NO2/c1-13-12-16(15-6-9-17(10-7-15)32-24(27,28)29)8-11-18(13)22-14(2)31-23(30-22)21-19(25)4-3-5-20(21)26/h3-12,14,22H,1-2H3/t14-,22+/m0/s1. The molecule has 0 bridgehead atoms. The molecule has 166 valence electrons. The summed E-state index contributed by atoms with van der Waals surface area (Å²) in [5.74, 6) is -1.88. The van der Waals surface area contributed by atoms with E-state index in [1.165, 1.54) is 30.3 Å². The van der Waals surface area contributed by atoms with Crippen LogP contribution in [0.4, 0.5) is 22.0 Å². The highest BCUT2D eigenvalue weighted by Gasteiger charge is 2.33. The highest BCUT2D eigenvalue weighted by Crippen LogP contribution is 2.35. The van der Waals surface area contributed by atoms with Crippen molar-refractivity contribution in [2.45, 2.75) is 32.4 Å². The van der Waals surface area contributed by atoms with E-state index in [1.54, 1.807) is 6.92 Å². The van der Waals surface area contributed by atoms with Crippen molar-refractivity contribution in [1.82, 2.24) is 0 Å². The van der Waals surface area contributed by atoms with Gasteiger partial charge < -0.3 is 9.47 Å². The van der Waals surface area contributed by atoms with Crippen molar-refractivity contribution in [1.29, 1.82) is 0 Å². The van der Waals surface area contributed by atoms with Crippen molar-refractivity contribution in [2.75, 3.05) is 0 Å². The number of alkyl halides is 3. The topological polar surface area (TPSA) is 30.8 Å². The first-order valence-electron chi connectivity index (χ1n) is 9.78. The van der Waals surface area contributed by atoms with Crippen LogP contribution in [0.15, 0.2) is 65.7 Å². The summed E-state index contributed by atoms with van der Waals surface area (Å²) in [5, 5.41) is 0. The van der Waals surface area contributed by atoms with Gasteiger partial charge in [-0.15, -0.1) is 13.2 Å². The van der Waals surface area contributed by atoms with Gasteiger partial charge in [-0.1, -0.05) is 36.4 Å². The molecule has 0 aromatic heterocycles. The van der Waals surface area contributed by atoms with Crippen molar-refractivity contribution in [3.63, 3.8) is 0 Å². The summed E-state index contributed by atoms with van der Waals surface area (Å²) in [7, 11) is 0. The normalized spacial score (nSPS) is 18.3. The minimum atomic E-state index is -4.75. The largest absolute Gasteiger partial charge is 0.573 e. The number of nitrogens with zero attached hydrogens (tertiary/aromatic N) is 1. The fraction of sp³-hybridized carbons (Fsp3) is 0.208. The first kappa shape index (κ1) is 21.8. The molecule has 2 atom stereocenters. The quantitative estimate of drug-likeness (QED) is 0.415. The average molecular weight is 447 g/mol. The van der Waals surface area contributed by atoms with Crippen molar-refractivity contribution in [2.24, 2.45) is 4.99 Å². The van der Waals surface area contributed by atoms with Crippen LogP contribution in [0.2, 0.25) is 0 Å². The zero-order valence-electron chi connectivity index (χ0n) is 17.1. The van der Waals surface area contributed by atoms with E-state index in [9.17, 15) is 22.0 Å². The maximum atomic E-state index is 14.1. The molecule has 1 aliphatic rings. The number of benzene rings is 3. The Morgan fingerprint density at radius 2 is 1.53 bits per heavy atom. The Balaban J connectivity index is 1.60. The summed E-state index contributed by atoms with van der Waals surface area (Å²) in [6, 6.07) is 14.2. The van der Waals surface area contributed by atoms with Gasteiger partial charge in [-0.25, -0.2) is 13.8 Å². The molecule has 0 unspecified atom stereocenters. The number of aryl methyl sites for hydroxylation is 1. The van der Waals surface area contributed by atoms with Crippen molar-refractivity contribution >= 4 is 5.90 Å². The lowest BCUT2D eigenvalue weighted by molar-refractivity contribution is -0.274. The molecule has 32 heavy (non-hydrogen) atoms. The van der Waals surface area contributed by atoms with Crippen LogP contribution in [0.25, 0.3) is 11.1 Å². The predicted molar refractivity (Wildman–Crippen MR) is 109 cm³/mol. The second-order valence-electron chi connectivity index (χ2n) is 7.44. The first-order chi connectivity index (χ1) is 15.1. The third-order valence-electron chi connectivity index (χ3n) is 5.18. The van der Waals surface area contributed by atoms with E-state index < -0.39 is 30.1 Å². The number of hydrogen-bond acceptors (Lipinski definition) is 3.